The minimum atomic E-state index is -2.87. The van der Waals surface area contributed by atoms with E-state index in [9.17, 15) is 14.1 Å². The van der Waals surface area contributed by atoms with Crippen LogP contribution in [0.25, 0.3) is 0 Å². The Bertz CT molecular complexity index is 1420. The smallest absolute Gasteiger partial charge is 0.262 e. The molecule has 1 fully saturated rings. The molecule has 1 saturated carbocycles. The molecule has 6 nitrogen and oxygen atoms in total. The number of hydrogen-bond acceptors (Lipinski definition) is 5. The zero-order valence-corrected chi connectivity index (χ0v) is 24.0. The first-order valence-corrected chi connectivity index (χ1v) is 16.2. The number of nitrogens with zero attached hydrogens (tertiary/aromatic N) is 1. The van der Waals surface area contributed by atoms with E-state index in [1.807, 2.05) is 37.3 Å². The van der Waals surface area contributed by atoms with Crippen LogP contribution in [0.15, 0.2) is 48.6 Å². The summed E-state index contributed by atoms with van der Waals surface area (Å²) in [7, 11) is -2.87. The maximum absolute atomic E-state index is 13.3. The van der Waals surface area contributed by atoms with Gasteiger partial charge in [0, 0.05) is 44.6 Å². The fourth-order valence-corrected chi connectivity index (χ4v) is 8.70. The molecule has 6 rings (SSSR count). The number of halogens is 1. The molecule has 8 heteroatoms. The number of nitrogens with one attached hydrogen (secondary N) is 1. The molecule has 2 heterocycles. The third-order valence-corrected chi connectivity index (χ3v) is 11.0. The van der Waals surface area contributed by atoms with Crippen molar-refractivity contribution in [3.05, 3.63) is 70.3 Å². The highest BCUT2D eigenvalue weighted by molar-refractivity contribution is 7.99. The summed E-state index contributed by atoms with van der Waals surface area (Å²) in [6.45, 7) is 3.99. The van der Waals surface area contributed by atoms with Crippen molar-refractivity contribution in [2.75, 3.05) is 30.3 Å². The van der Waals surface area contributed by atoms with E-state index < -0.39 is 21.7 Å². The lowest BCUT2D eigenvalue weighted by molar-refractivity contribution is 0.0455. The summed E-state index contributed by atoms with van der Waals surface area (Å²) in [5.41, 5.74) is 3.67. The lowest BCUT2D eigenvalue weighted by Crippen LogP contribution is -2.49. The number of carbonyl (C=O) groups excluding carboxylic acids is 1. The summed E-state index contributed by atoms with van der Waals surface area (Å²) in [6.07, 6.45) is 8.27. The quantitative estimate of drug-likeness (QED) is 0.354. The van der Waals surface area contributed by atoms with Crippen LogP contribution in [0.2, 0.25) is 5.02 Å². The molecule has 2 aromatic rings. The van der Waals surface area contributed by atoms with Gasteiger partial charge in [0.2, 0.25) is 0 Å². The number of fused-ring (bicyclic) bond motifs is 4. The van der Waals surface area contributed by atoms with Crippen LogP contribution in [0.4, 0.5) is 5.69 Å². The number of rotatable bonds is 0. The van der Waals surface area contributed by atoms with Crippen molar-refractivity contribution in [1.29, 1.82) is 0 Å². The molecule has 2 aromatic carbocycles. The number of aliphatic hydroxyl groups excluding tert-OH is 1. The van der Waals surface area contributed by atoms with Crippen molar-refractivity contribution in [1.82, 2.24) is 4.72 Å². The molecular weight excluding hydrogens is 532 g/mol. The molecule has 2 bridgehead atoms. The minimum Gasteiger partial charge on any atom is -0.490 e. The molecule has 6 atom stereocenters. The first-order chi connectivity index (χ1) is 18.6. The Balaban J connectivity index is 1.43. The summed E-state index contributed by atoms with van der Waals surface area (Å²) in [6, 6.07) is 11.7. The molecule has 1 amide bonds. The Kier molecular flexibility index (Phi) is 6.97. The third-order valence-electron chi connectivity index (χ3n) is 9.12. The number of ether oxygens (including phenoxy) is 1. The van der Waals surface area contributed by atoms with Crippen LogP contribution in [0.5, 0.6) is 5.75 Å². The SMILES string of the molecule is C=S1(=O)C[C@@H](C)/C=C/[C@H](O)[C@@H]2CC[C@H]2CN2C[C@@]3(CCCc4cc(Cl)ccc43)COc3ccc(cc32)C(=O)N1. The number of anilines is 1. The lowest BCUT2D eigenvalue weighted by atomic mass is 9.68. The van der Waals surface area contributed by atoms with Gasteiger partial charge in [0.1, 0.15) is 5.75 Å². The monoisotopic (exact) mass is 568 g/mol. The standard InChI is InChI=1S/C31H37ClN2O4S/c1-20-5-11-28(35)25-9-6-23(25)16-34-18-31(13-3-4-21-14-24(32)8-10-26(21)31)19-38-29-12-7-22(15-27(29)34)30(36)33-39(2,37)17-20/h5,7-8,10-12,14-15,20,23,25,28,35H,2-4,6,9,13,16-19H2,1H3,(H,33,36,37)/b11-5+/t20-,23-,25+,28-,31-,39?/m0/s1. The van der Waals surface area contributed by atoms with E-state index in [0.29, 0.717) is 18.1 Å². The van der Waals surface area contributed by atoms with E-state index in [1.165, 1.54) is 11.1 Å². The number of amides is 1. The van der Waals surface area contributed by atoms with Gasteiger partial charge in [0.25, 0.3) is 5.91 Å². The number of allylic oxidation sites excluding steroid dienone is 1. The molecule has 208 valence electrons. The average Bonchev–Trinajstić information content (AvgIpc) is 3.01. The second-order valence-corrected chi connectivity index (χ2v) is 14.6. The number of aryl methyl sites for hydroxylation is 1. The first-order valence-electron chi connectivity index (χ1n) is 14.0. The van der Waals surface area contributed by atoms with Crippen molar-refractivity contribution < 1.29 is 18.8 Å². The highest BCUT2D eigenvalue weighted by atomic mass is 35.5. The molecule has 0 aromatic heterocycles. The molecule has 0 radical (unpaired) electrons. The van der Waals surface area contributed by atoms with Crippen LogP contribution < -0.4 is 14.4 Å². The topological polar surface area (TPSA) is 78.9 Å². The van der Waals surface area contributed by atoms with Crippen molar-refractivity contribution in [2.24, 2.45) is 17.8 Å². The molecule has 2 aliphatic carbocycles. The third kappa shape index (κ3) is 5.21. The van der Waals surface area contributed by atoms with Crippen LogP contribution in [0.1, 0.15) is 54.1 Å². The second kappa shape index (κ2) is 10.2. The molecule has 2 aliphatic heterocycles. The molecule has 2 N–H and O–H groups in total. The van der Waals surface area contributed by atoms with Gasteiger partial charge in [-0.05, 0) is 97.2 Å². The highest BCUT2D eigenvalue weighted by Gasteiger charge is 2.44. The molecule has 0 saturated heterocycles. The largest absolute Gasteiger partial charge is 0.490 e. The summed E-state index contributed by atoms with van der Waals surface area (Å²) in [5, 5.41) is 11.8. The van der Waals surface area contributed by atoms with Gasteiger partial charge in [-0.25, -0.2) is 4.21 Å². The number of benzene rings is 2. The van der Waals surface area contributed by atoms with Crippen molar-refractivity contribution in [3.8, 4) is 5.75 Å². The summed E-state index contributed by atoms with van der Waals surface area (Å²) in [4.78, 5) is 15.6. The molecule has 1 unspecified atom stereocenters. The van der Waals surface area contributed by atoms with Gasteiger partial charge in [0.15, 0.2) is 0 Å². The molecular formula is C31H37ClN2O4S. The van der Waals surface area contributed by atoms with Crippen molar-refractivity contribution in [3.63, 3.8) is 0 Å². The molecule has 39 heavy (non-hydrogen) atoms. The van der Waals surface area contributed by atoms with E-state index in [1.54, 1.807) is 6.07 Å². The van der Waals surface area contributed by atoms with E-state index in [2.05, 4.69) is 27.6 Å². The Morgan fingerprint density at radius 3 is 2.85 bits per heavy atom. The van der Waals surface area contributed by atoms with E-state index in [-0.39, 0.29) is 23.0 Å². The fraction of sp³-hybridized carbons (Fsp3) is 0.484. The zero-order chi connectivity index (χ0) is 27.4. The van der Waals surface area contributed by atoms with Crippen LogP contribution in [-0.4, -0.2) is 52.6 Å². The maximum Gasteiger partial charge on any atom is 0.262 e. The van der Waals surface area contributed by atoms with Crippen molar-refractivity contribution in [2.45, 2.75) is 50.5 Å². The Morgan fingerprint density at radius 1 is 1.21 bits per heavy atom. The fourth-order valence-electron chi connectivity index (χ4n) is 7.01. The number of aliphatic hydroxyl groups is 1. The van der Waals surface area contributed by atoms with Gasteiger partial charge in [0.05, 0.1) is 18.4 Å². The normalized spacial score (nSPS) is 35.2. The van der Waals surface area contributed by atoms with Gasteiger partial charge in [-0.15, -0.1) is 0 Å². The van der Waals surface area contributed by atoms with Gasteiger partial charge < -0.3 is 14.7 Å². The highest BCUT2D eigenvalue weighted by Crippen LogP contribution is 2.46. The molecule has 1 spiro atoms. The Morgan fingerprint density at radius 2 is 2.05 bits per heavy atom. The summed E-state index contributed by atoms with van der Waals surface area (Å²) >= 11 is 6.38. The van der Waals surface area contributed by atoms with Crippen LogP contribution in [0.3, 0.4) is 0 Å². The van der Waals surface area contributed by atoms with E-state index >= 15 is 0 Å². The van der Waals surface area contributed by atoms with Crippen LogP contribution >= 0.6 is 11.6 Å². The number of hydrogen-bond donors (Lipinski definition) is 2. The lowest BCUT2D eigenvalue weighted by Gasteiger charge is -2.45. The molecule has 4 aliphatic rings. The zero-order valence-electron chi connectivity index (χ0n) is 22.4. The van der Waals surface area contributed by atoms with Crippen LogP contribution in [0, 0.1) is 17.8 Å². The van der Waals surface area contributed by atoms with Crippen molar-refractivity contribution >= 4 is 38.8 Å². The number of carbonyl (C=O) groups is 1. The predicted molar refractivity (Wildman–Crippen MR) is 158 cm³/mol. The van der Waals surface area contributed by atoms with Gasteiger partial charge in [-0.2, -0.15) is 0 Å². The maximum atomic E-state index is 13.3. The summed E-state index contributed by atoms with van der Waals surface area (Å²) < 4.78 is 22.4. The van der Waals surface area contributed by atoms with Gasteiger partial charge >= 0.3 is 0 Å². The second-order valence-electron chi connectivity index (χ2n) is 12.1. The Hall–Kier alpha value is -2.48. The van der Waals surface area contributed by atoms with Gasteiger partial charge in [-0.1, -0.05) is 36.7 Å². The van der Waals surface area contributed by atoms with E-state index in [4.69, 9.17) is 16.3 Å². The average molecular weight is 569 g/mol. The summed E-state index contributed by atoms with van der Waals surface area (Å²) in [5.74, 6) is 4.76. The van der Waals surface area contributed by atoms with Gasteiger partial charge in [-0.3, -0.25) is 9.52 Å². The van der Waals surface area contributed by atoms with E-state index in [0.717, 1.165) is 61.7 Å². The Labute approximate surface area is 236 Å². The predicted octanol–water partition coefficient (Wildman–Crippen LogP) is 4.77. The first kappa shape index (κ1) is 26.7. The van der Waals surface area contributed by atoms with Crippen LogP contribution in [-0.2, 0) is 21.5 Å². The minimum absolute atomic E-state index is 0.0956.